The van der Waals surface area contributed by atoms with E-state index in [4.69, 9.17) is 9.47 Å². The van der Waals surface area contributed by atoms with Gasteiger partial charge in [-0.05, 0) is 50.9 Å². The fourth-order valence-electron chi connectivity index (χ4n) is 5.90. The van der Waals surface area contributed by atoms with E-state index in [0.717, 1.165) is 51.2 Å². The normalized spacial score (nSPS) is 27.0. The number of likely N-dealkylation sites (tertiary alicyclic amines) is 1. The number of nitriles is 1. The molecule has 0 bridgehead atoms. The largest absolute Gasteiger partial charge is 0.433 e. The van der Waals surface area contributed by atoms with E-state index in [1.54, 1.807) is 4.90 Å². The molecule has 0 spiro atoms. The van der Waals surface area contributed by atoms with Crippen LogP contribution in [0.15, 0.2) is 0 Å². The average Bonchev–Trinajstić information content (AvgIpc) is 3.29. The minimum absolute atomic E-state index is 0.128. The van der Waals surface area contributed by atoms with E-state index in [2.05, 4.69) is 11.1 Å². The monoisotopic (exact) mass is 446 g/mol. The summed E-state index contributed by atoms with van der Waals surface area (Å²) in [6.07, 6.45) is 12.8. The second-order valence-corrected chi connectivity index (χ2v) is 10.0. The van der Waals surface area contributed by atoms with Gasteiger partial charge in [0.05, 0.1) is 19.3 Å². The van der Waals surface area contributed by atoms with Crippen molar-refractivity contribution in [2.24, 2.45) is 5.92 Å². The first kappa shape index (κ1) is 23.3. The second-order valence-electron chi connectivity index (χ2n) is 10.0. The van der Waals surface area contributed by atoms with E-state index in [1.165, 1.54) is 37.0 Å². The van der Waals surface area contributed by atoms with Crippen LogP contribution in [0.1, 0.15) is 70.6 Å². The first-order chi connectivity index (χ1) is 15.6. The van der Waals surface area contributed by atoms with Crippen LogP contribution in [-0.2, 0) is 14.3 Å². The summed E-state index contributed by atoms with van der Waals surface area (Å²) in [7, 11) is 0. The molecule has 1 unspecified atom stereocenters. The van der Waals surface area contributed by atoms with E-state index in [1.807, 2.05) is 0 Å². The Morgan fingerprint density at radius 2 is 1.69 bits per heavy atom. The molecule has 0 aromatic carbocycles. The minimum Gasteiger partial charge on any atom is -0.433 e. The molecule has 4 rings (SSSR count). The maximum absolute atomic E-state index is 13.7. The lowest BCUT2D eigenvalue weighted by atomic mass is 9.83. The van der Waals surface area contributed by atoms with Gasteiger partial charge in [-0.25, -0.2) is 9.69 Å². The smallest absolute Gasteiger partial charge is 0.410 e. The molecule has 8 nitrogen and oxygen atoms in total. The maximum Gasteiger partial charge on any atom is 0.410 e. The van der Waals surface area contributed by atoms with Crippen LogP contribution in [-0.4, -0.2) is 84.3 Å². The molecular weight excluding hydrogens is 408 g/mol. The zero-order valence-electron chi connectivity index (χ0n) is 19.3. The molecule has 2 amide bonds. The molecule has 2 saturated heterocycles. The van der Waals surface area contributed by atoms with Crippen LogP contribution in [0.3, 0.4) is 0 Å². The van der Waals surface area contributed by atoms with Gasteiger partial charge in [0, 0.05) is 32.7 Å². The highest BCUT2D eigenvalue weighted by atomic mass is 16.6. The van der Waals surface area contributed by atoms with Gasteiger partial charge in [0.2, 0.25) is 0 Å². The van der Waals surface area contributed by atoms with Gasteiger partial charge in [0.25, 0.3) is 5.91 Å². The van der Waals surface area contributed by atoms with Crippen LogP contribution >= 0.6 is 0 Å². The molecule has 4 aliphatic rings. The third-order valence-electron chi connectivity index (χ3n) is 7.78. The first-order valence-corrected chi connectivity index (χ1v) is 12.6. The van der Waals surface area contributed by atoms with Gasteiger partial charge >= 0.3 is 6.09 Å². The van der Waals surface area contributed by atoms with E-state index in [0.29, 0.717) is 39.1 Å². The summed E-state index contributed by atoms with van der Waals surface area (Å²) in [5.74, 6) is 0.429. The first-order valence-electron chi connectivity index (χ1n) is 12.6. The summed E-state index contributed by atoms with van der Waals surface area (Å²) in [5, 5.41) is 9.96. The van der Waals surface area contributed by atoms with Crippen LogP contribution in [0.5, 0.6) is 0 Å². The van der Waals surface area contributed by atoms with Crippen LogP contribution in [0.25, 0.3) is 0 Å². The number of amides is 2. The molecule has 2 saturated carbocycles. The molecule has 178 valence electrons. The predicted molar refractivity (Wildman–Crippen MR) is 119 cm³/mol. The van der Waals surface area contributed by atoms with Crippen molar-refractivity contribution in [3.8, 4) is 6.19 Å². The van der Waals surface area contributed by atoms with Crippen molar-refractivity contribution in [1.29, 1.82) is 5.26 Å². The van der Waals surface area contributed by atoms with Crippen LogP contribution in [0.4, 0.5) is 4.79 Å². The van der Waals surface area contributed by atoms with E-state index < -0.39 is 11.7 Å². The maximum atomic E-state index is 13.7. The number of carbonyl (C=O) groups is 2. The number of morpholine rings is 1. The summed E-state index contributed by atoms with van der Waals surface area (Å²) in [4.78, 5) is 32.0. The van der Waals surface area contributed by atoms with Crippen molar-refractivity contribution >= 4 is 12.0 Å². The second kappa shape index (κ2) is 10.8. The Balaban J connectivity index is 1.41. The SMILES string of the molecule is N#CN(C(=O)C1(OC(=O)N2CCOCC2)CCCCC1)C1CCN(CC2CCCCC2)C1. The molecule has 0 radical (unpaired) electrons. The highest BCUT2D eigenvalue weighted by molar-refractivity contribution is 5.89. The molecule has 2 aliphatic carbocycles. The minimum atomic E-state index is -1.21. The van der Waals surface area contributed by atoms with E-state index in [9.17, 15) is 14.9 Å². The predicted octanol–water partition coefficient (Wildman–Crippen LogP) is 3.12. The van der Waals surface area contributed by atoms with Crippen molar-refractivity contribution in [2.75, 3.05) is 45.9 Å². The van der Waals surface area contributed by atoms with Gasteiger partial charge in [-0.2, -0.15) is 5.26 Å². The third kappa shape index (κ3) is 5.37. The van der Waals surface area contributed by atoms with Gasteiger partial charge in [-0.1, -0.05) is 25.7 Å². The van der Waals surface area contributed by atoms with Crippen molar-refractivity contribution in [3.05, 3.63) is 0 Å². The molecule has 8 heteroatoms. The lowest BCUT2D eigenvalue weighted by molar-refractivity contribution is -0.155. The number of hydrogen-bond donors (Lipinski definition) is 0. The Labute approximate surface area is 191 Å². The van der Waals surface area contributed by atoms with Gasteiger partial charge in [0.15, 0.2) is 11.8 Å². The van der Waals surface area contributed by atoms with Crippen molar-refractivity contribution in [2.45, 2.75) is 82.3 Å². The van der Waals surface area contributed by atoms with Gasteiger partial charge < -0.3 is 19.3 Å². The van der Waals surface area contributed by atoms with E-state index in [-0.39, 0.29) is 11.9 Å². The Morgan fingerprint density at radius 1 is 1.00 bits per heavy atom. The highest BCUT2D eigenvalue weighted by Gasteiger charge is 2.49. The third-order valence-corrected chi connectivity index (χ3v) is 7.78. The quantitative estimate of drug-likeness (QED) is 0.476. The average molecular weight is 447 g/mol. The number of ether oxygens (including phenoxy) is 2. The molecule has 0 aromatic heterocycles. The topological polar surface area (TPSA) is 86.1 Å². The lowest BCUT2D eigenvalue weighted by Crippen LogP contribution is -2.56. The standard InChI is InChI=1S/C24H38N4O4/c25-19-28(21-9-12-26(18-21)17-20-7-3-1-4-8-20)22(29)24(10-5-2-6-11-24)32-23(30)27-13-15-31-16-14-27/h20-21H,1-18H2. The number of nitrogens with zero attached hydrogens (tertiary/aromatic N) is 4. The molecular formula is C24H38N4O4. The number of carbonyl (C=O) groups excluding carboxylic acids is 2. The van der Waals surface area contributed by atoms with Gasteiger partial charge in [0.1, 0.15) is 0 Å². The molecule has 1 atom stereocenters. The van der Waals surface area contributed by atoms with Gasteiger partial charge in [-0.3, -0.25) is 4.79 Å². The Kier molecular flexibility index (Phi) is 7.90. The molecule has 0 N–H and O–H groups in total. The Hall–Kier alpha value is -1.85. The number of hydrogen-bond acceptors (Lipinski definition) is 6. The van der Waals surface area contributed by atoms with Crippen LogP contribution in [0.2, 0.25) is 0 Å². The van der Waals surface area contributed by atoms with Crippen LogP contribution < -0.4 is 0 Å². The Morgan fingerprint density at radius 3 is 2.38 bits per heavy atom. The molecule has 0 aromatic rings. The summed E-state index contributed by atoms with van der Waals surface area (Å²) in [6, 6.07) is -0.128. The van der Waals surface area contributed by atoms with Crippen molar-refractivity contribution in [1.82, 2.24) is 14.7 Å². The molecule has 2 aliphatic heterocycles. The van der Waals surface area contributed by atoms with Crippen molar-refractivity contribution < 1.29 is 19.1 Å². The molecule has 4 fully saturated rings. The zero-order valence-corrected chi connectivity index (χ0v) is 19.3. The van der Waals surface area contributed by atoms with Gasteiger partial charge in [-0.15, -0.1) is 0 Å². The summed E-state index contributed by atoms with van der Waals surface area (Å²) < 4.78 is 11.3. The summed E-state index contributed by atoms with van der Waals surface area (Å²) >= 11 is 0. The fraction of sp³-hybridized carbons (Fsp3) is 0.875. The Bertz CT molecular complexity index is 691. The molecule has 2 heterocycles. The summed E-state index contributed by atoms with van der Waals surface area (Å²) in [5.41, 5.74) is -1.21. The van der Waals surface area contributed by atoms with Crippen LogP contribution in [0, 0.1) is 17.4 Å². The lowest BCUT2D eigenvalue weighted by Gasteiger charge is -2.40. The molecule has 32 heavy (non-hydrogen) atoms. The number of rotatable bonds is 5. The van der Waals surface area contributed by atoms with E-state index >= 15 is 0 Å². The fourth-order valence-corrected chi connectivity index (χ4v) is 5.90. The summed E-state index contributed by atoms with van der Waals surface area (Å²) in [6.45, 7) is 4.66. The van der Waals surface area contributed by atoms with Crippen molar-refractivity contribution in [3.63, 3.8) is 0 Å². The zero-order chi connectivity index (χ0) is 22.4. The highest BCUT2D eigenvalue weighted by Crippen LogP contribution is 2.35.